The van der Waals surface area contributed by atoms with Crippen LogP contribution >= 0.6 is 0 Å². The van der Waals surface area contributed by atoms with Gasteiger partial charge in [0.1, 0.15) is 5.82 Å². The first-order chi connectivity index (χ1) is 8.41. The Bertz CT molecular complexity index is 448. The second-order valence-electron chi connectivity index (χ2n) is 4.28. The molecule has 0 fully saturated rings. The molecule has 1 unspecified atom stereocenters. The third-order valence-electron chi connectivity index (χ3n) is 2.69. The average molecular weight is 253 g/mol. The van der Waals surface area contributed by atoms with E-state index in [9.17, 15) is 14.0 Å². The van der Waals surface area contributed by atoms with Crippen molar-refractivity contribution in [1.29, 1.82) is 0 Å². The first-order valence-corrected chi connectivity index (χ1v) is 5.62. The molecule has 1 amide bonds. The second kappa shape index (κ2) is 6.14. The molecule has 0 aliphatic rings. The van der Waals surface area contributed by atoms with Crippen LogP contribution in [0.1, 0.15) is 12.5 Å². The largest absolute Gasteiger partial charge is 0.481 e. The van der Waals surface area contributed by atoms with Crippen LogP contribution in [0.2, 0.25) is 0 Å². The van der Waals surface area contributed by atoms with E-state index in [-0.39, 0.29) is 18.9 Å². The van der Waals surface area contributed by atoms with Crippen LogP contribution in [0.3, 0.4) is 0 Å². The Kier molecular flexibility index (Phi) is 4.83. The van der Waals surface area contributed by atoms with Crippen LogP contribution in [0.15, 0.2) is 24.3 Å². The summed E-state index contributed by atoms with van der Waals surface area (Å²) in [5.41, 5.74) is 0.317. The second-order valence-corrected chi connectivity index (χ2v) is 4.28. The fourth-order valence-electron chi connectivity index (χ4n) is 1.53. The van der Waals surface area contributed by atoms with Gasteiger partial charge in [-0.1, -0.05) is 25.1 Å². The lowest BCUT2D eigenvalue weighted by Crippen LogP contribution is -2.34. The van der Waals surface area contributed by atoms with Crippen LogP contribution in [0, 0.1) is 11.7 Å². The molecule has 1 N–H and O–H groups in total. The molecule has 1 rings (SSSR count). The van der Waals surface area contributed by atoms with Crippen molar-refractivity contribution < 1.29 is 19.1 Å². The summed E-state index contributed by atoms with van der Waals surface area (Å²) in [5, 5.41) is 8.75. The van der Waals surface area contributed by atoms with Crippen LogP contribution in [-0.4, -0.2) is 35.5 Å². The molecule has 0 aromatic heterocycles. The number of carboxylic acid groups (broad SMARTS) is 1. The maximum absolute atomic E-state index is 13.3. The molecule has 0 aliphatic heterocycles. The summed E-state index contributed by atoms with van der Waals surface area (Å²) in [7, 11) is 1.52. The Morgan fingerprint density at radius 3 is 2.56 bits per heavy atom. The summed E-state index contributed by atoms with van der Waals surface area (Å²) in [6.45, 7) is 1.64. The number of halogens is 1. The van der Waals surface area contributed by atoms with Crippen LogP contribution in [0.25, 0.3) is 0 Å². The van der Waals surface area contributed by atoms with Crippen LogP contribution in [0.4, 0.5) is 4.39 Å². The molecule has 18 heavy (non-hydrogen) atoms. The summed E-state index contributed by atoms with van der Waals surface area (Å²) in [6.07, 6.45) is -0.0600. The standard InChI is InChI=1S/C13H16FNO3/c1-9(13(17)18)8-15(2)12(16)7-10-5-3-4-6-11(10)14/h3-6,9H,7-8H2,1-2H3,(H,17,18). The van der Waals surface area contributed by atoms with Crippen molar-refractivity contribution in [3.05, 3.63) is 35.6 Å². The predicted molar refractivity (Wildman–Crippen MR) is 64.5 cm³/mol. The van der Waals surface area contributed by atoms with E-state index >= 15 is 0 Å². The minimum Gasteiger partial charge on any atom is -0.481 e. The van der Waals surface area contributed by atoms with Crippen molar-refractivity contribution in [3.63, 3.8) is 0 Å². The van der Waals surface area contributed by atoms with E-state index < -0.39 is 17.7 Å². The van der Waals surface area contributed by atoms with Crippen molar-refractivity contribution >= 4 is 11.9 Å². The lowest BCUT2D eigenvalue weighted by molar-refractivity contribution is -0.142. The first kappa shape index (κ1) is 14.2. The monoisotopic (exact) mass is 253 g/mol. The van der Waals surface area contributed by atoms with Gasteiger partial charge in [0.05, 0.1) is 12.3 Å². The van der Waals surface area contributed by atoms with Gasteiger partial charge in [-0.05, 0) is 11.6 Å². The fourth-order valence-corrected chi connectivity index (χ4v) is 1.53. The first-order valence-electron chi connectivity index (χ1n) is 5.62. The van der Waals surface area contributed by atoms with Crippen molar-refractivity contribution in [3.8, 4) is 0 Å². The van der Waals surface area contributed by atoms with E-state index in [0.717, 1.165) is 0 Å². The Labute approximate surface area is 105 Å². The van der Waals surface area contributed by atoms with Crippen LogP contribution in [-0.2, 0) is 16.0 Å². The highest BCUT2D eigenvalue weighted by Crippen LogP contribution is 2.09. The highest BCUT2D eigenvalue weighted by atomic mass is 19.1. The highest BCUT2D eigenvalue weighted by Gasteiger charge is 2.18. The molecule has 4 nitrogen and oxygen atoms in total. The molecule has 0 aliphatic carbocycles. The number of benzene rings is 1. The maximum Gasteiger partial charge on any atom is 0.308 e. The predicted octanol–water partition coefficient (Wildman–Crippen LogP) is 1.55. The molecule has 0 saturated heterocycles. The van der Waals surface area contributed by atoms with Gasteiger partial charge in [-0.15, -0.1) is 0 Å². The van der Waals surface area contributed by atoms with Crippen molar-refractivity contribution in [2.45, 2.75) is 13.3 Å². The normalized spacial score (nSPS) is 11.9. The summed E-state index contributed by atoms with van der Waals surface area (Å²) in [5.74, 6) is -2.32. The molecule has 0 bridgehead atoms. The molecular weight excluding hydrogens is 237 g/mol. The molecule has 0 radical (unpaired) electrons. The smallest absolute Gasteiger partial charge is 0.308 e. The van der Waals surface area contributed by atoms with Crippen LogP contribution in [0.5, 0.6) is 0 Å². The highest BCUT2D eigenvalue weighted by molar-refractivity contribution is 5.79. The minimum atomic E-state index is -0.958. The zero-order valence-electron chi connectivity index (χ0n) is 10.4. The van der Waals surface area contributed by atoms with Crippen molar-refractivity contribution in [2.24, 2.45) is 5.92 Å². The molecule has 1 aromatic rings. The van der Waals surface area contributed by atoms with Gasteiger partial charge in [0.25, 0.3) is 0 Å². The molecule has 98 valence electrons. The van der Waals surface area contributed by atoms with Gasteiger partial charge in [0.15, 0.2) is 0 Å². The Morgan fingerprint density at radius 2 is 2.00 bits per heavy atom. The van der Waals surface area contributed by atoms with E-state index in [4.69, 9.17) is 5.11 Å². The molecule has 0 spiro atoms. The number of carbonyl (C=O) groups is 2. The summed E-state index contributed by atoms with van der Waals surface area (Å²) in [6, 6.07) is 6.05. The zero-order valence-corrected chi connectivity index (χ0v) is 10.4. The van der Waals surface area contributed by atoms with Gasteiger partial charge in [-0.2, -0.15) is 0 Å². The SMILES string of the molecule is CC(CN(C)C(=O)Cc1ccccc1F)C(=O)O. The Morgan fingerprint density at radius 1 is 1.39 bits per heavy atom. The van der Waals surface area contributed by atoms with Gasteiger partial charge >= 0.3 is 5.97 Å². The number of amides is 1. The molecule has 0 heterocycles. The Balaban J connectivity index is 2.61. The maximum atomic E-state index is 13.3. The Hall–Kier alpha value is -1.91. The molecule has 5 heteroatoms. The van der Waals surface area contributed by atoms with E-state index in [1.54, 1.807) is 18.2 Å². The summed E-state index contributed by atoms with van der Waals surface area (Å²) < 4.78 is 13.3. The lowest BCUT2D eigenvalue weighted by Gasteiger charge is -2.19. The summed E-state index contributed by atoms with van der Waals surface area (Å²) in [4.78, 5) is 23.8. The number of hydrogen-bond acceptors (Lipinski definition) is 2. The van der Waals surface area contributed by atoms with Crippen molar-refractivity contribution in [1.82, 2.24) is 4.90 Å². The van der Waals surface area contributed by atoms with Gasteiger partial charge in [0, 0.05) is 13.6 Å². The fraction of sp³-hybridized carbons (Fsp3) is 0.385. The zero-order chi connectivity index (χ0) is 13.7. The molecule has 1 aromatic carbocycles. The summed E-state index contributed by atoms with van der Waals surface area (Å²) >= 11 is 0. The number of hydrogen-bond donors (Lipinski definition) is 1. The number of aliphatic carboxylic acids is 1. The molecular formula is C13H16FNO3. The minimum absolute atomic E-state index is 0.0600. The van der Waals surface area contributed by atoms with Gasteiger partial charge in [-0.3, -0.25) is 9.59 Å². The van der Waals surface area contributed by atoms with Crippen LogP contribution < -0.4 is 0 Å². The molecule has 0 saturated carbocycles. The van der Waals surface area contributed by atoms with E-state index in [1.807, 2.05) is 0 Å². The number of likely N-dealkylation sites (N-methyl/N-ethyl adjacent to an activating group) is 1. The topological polar surface area (TPSA) is 57.6 Å². The van der Waals surface area contributed by atoms with Gasteiger partial charge in [0.2, 0.25) is 5.91 Å². The number of rotatable bonds is 5. The van der Waals surface area contributed by atoms with Crippen molar-refractivity contribution in [2.75, 3.05) is 13.6 Å². The third-order valence-corrected chi connectivity index (χ3v) is 2.69. The average Bonchev–Trinajstić information content (AvgIpc) is 2.31. The van der Waals surface area contributed by atoms with E-state index in [2.05, 4.69) is 0 Å². The number of nitrogens with zero attached hydrogens (tertiary/aromatic N) is 1. The third kappa shape index (κ3) is 3.84. The lowest BCUT2D eigenvalue weighted by atomic mass is 10.1. The van der Waals surface area contributed by atoms with Gasteiger partial charge < -0.3 is 10.0 Å². The van der Waals surface area contributed by atoms with Gasteiger partial charge in [-0.25, -0.2) is 4.39 Å². The number of carbonyl (C=O) groups excluding carboxylic acids is 1. The number of carboxylic acids is 1. The quantitative estimate of drug-likeness (QED) is 0.866. The van der Waals surface area contributed by atoms with E-state index in [1.165, 1.54) is 24.9 Å². The van der Waals surface area contributed by atoms with E-state index in [0.29, 0.717) is 5.56 Å². The molecule has 1 atom stereocenters.